The first-order valence-corrected chi connectivity index (χ1v) is 8.43. The maximum atomic E-state index is 12.3. The van der Waals surface area contributed by atoms with Crippen molar-refractivity contribution in [3.8, 4) is 17.3 Å². The van der Waals surface area contributed by atoms with Gasteiger partial charge in [-0.1, -0.05) is 18.9 Å². The van der Waals surface area contributed by atoms with Crippen molar-refractivity contribution in [2.45, 2.75) is 31.6 Å². The normalized spacial score (nSPS) is 15.5. The Labute approximate surface area is 138 Å². The van der Waals surface area contributed by atoms with Crippen LogP contribution in [0.2, 0.25) is 0 Å². The van der Waals surface area contributed by atoms with E-state index >= 15 is 0 Å². The minimum absolute atomic E-state index is 0.131. The molecule has 0 radical (unpaired) electrons. The van der Waals surface area contributed by atoms with Gasteiger partial charge < -0.3 is 10.1 Å². The molecule has 1 aromatic heterocycles. The largest absolute Gasteiger partial charge is 0.493 e. The third-order valence-corrected chi connectivity index (χ3v) is 5.77. The van der Waals surface area contributed by atoms with Crippen LogP contribution >= 0.6 is 31.9 Å². The number of hydrogen-bond donors (Lipinski definition) is 2. The molecule has 1 aromatic carbocycles. The molecule has 6 heteroatoms. The minimum atomic E-state index is -0.233. The lowest BCUT2D eigenvalue weighted by Gasteiger charge is -2.11. The molecule has 4 nitrogen and oxygen atoms in total. The fraction of sp³-hybridized carbons (Fsp3) is 0.333. The average Bonchev–Trinajstić information content (AvgIpc) is 2.95. The molecule has 110 valence electrons. The van der Waals surface area contributed by atoms with Gasteiger partial charge in [0.25, 0.3) is 5.56 Å². The second kappa shape index (κ2) is 5.93. The van der Waals surface area contributed by atoms with Gasteiger partial charge >= 0.3 is 0 Å². The SMILES string of the molecule is O=c1[nH]c(-c2ccc(Br)c(Br)c2)nc(O)c1C1CCCC1. The third-order valence-electron chi connectivity index (χ3n) is 3.89. The van der Waals surface area contributed by atoms with E-state index in [0.29, 0.717) is 11.4 Å². The van der Waals surface area contributed by atoms with Crippen molar-refractivity contribution in [3.05, 3.63) is 43.1 Å². The number of aromatic hydroxyl groups is 1. The lowest BCUT2D eigenvalue weighted by Crippen LogP contribution is -2.17. The van der Waals surface area contributed by atoms with Crippen LogP contribution in [0.5, 0.6) is 5.88 Å². The van der Waals surface area contributed by atoms with Crippen LogP contribution in [0.1, 0.15) is 37.2 Å². The second-order valence-electron chi connectivity index (χ2n) is 5.26. The van der Waals surface area contributed by atoms with Crippen molar-refractivity contribution in [1.82, 2.24) is 9.97 Å². The molecular formula is C15H14Br2N2O2. The summed E-state index contributed by atoms with van der Waals surface area (Å²) in [4.78, 5) is 19.3. The van der Waals surface area contributed by atoms with E-state index in [9.17, 15) is 9.90 Å². The lowest BCUT2D eigenvalue weighted by molar-refractivity contribution is 0.436. The van der Waals surface area contributed by atoms with Crippen molar-refractivity contribution in [2.75, 3.05) is 0 Å². The van der Waals surface area contributed by atoms with Crippen molar-refractivity contribution >= 4 is 31.9 Å². The standard InChI is InChI=1S/C15H14Br2N2O2/c16-10-6-5-9(7-11(10)17)13-18-14(20)12(15(21)19-13)8-3-1-2-4-8/h5-8H,1-4H2,(H2,18,19,20,21). The van der Waals surface area contributed by atoms with Gasteiger partial charge in [0.15, 0.2) is 0 Å². The summed E-state index contributed by atoms with van der Waals surface area (Å²) in [5, 5.41) is 10.2. The highest BCUT2D eigenvalue weighted by Gasteiger charge is 2.24. The molecule has 0 aliphatic heterocycles. The van der Waals surface area contributed by atoms with Gasteiger partial charge in [0.05, 0.1) is 5.56 Å². The molecule has 1 aliphatic rings. The molecule has 2 aromatic rings. The molecule has 0 saturated heterocycles. The van der Waals surface area contributed by atoms with E-state index in [4.69, 9.17) is 0 Å². The van der Waals surface area contributed by atoms with Gasteiger partial charge in [-0.2, -0.15) is 4.98 Å². The number of rotatable bonds is 2. The molecule has 3 rings (SSSR count). The molecule has 0 spiro atoms. The minimum Gasteiger partial charge on any atom is -0.493 e. The molecule has 1 aliphatic carbocycles. The van der Waals surface area contributed by atoms with Crippen LogP contribution < -0.4 is 5.56 Å². The molecule has 2 N–H and O–H groups in total. The molecule has 0 bridgehead atoms. The quantitative estimate of drug-likeness (QED) is 0.770. The highest BCUT2D eigenvalue weighted by Crippen LogP contribution is 2.36. The van der Waals surface area contributed by atoms with Crippen LogP contribution in [0.4, 0.5) is 0 Å². The predicted octanol–water partition coefficient (Wildman–Crippen LogP) is 4.33. The topological polar surface area (TPSA) is 66.0 Å². The van der Waals surface area contributed by atoms with Crippen LogP contribution in [0.25, 0.3) is 11.4 Å². The summed E-state index contributed by atoms with van der Waals surface area (Å²) in [6, 6.07) is 5.54. The number of nitrogens with zero attached hydrogens (tertiary/aromatic N) is 1. The Morgan fingerprint density at radius 3 is 2.52 bits per heavy atom. The van der Waals surface area contributed by atoms with Gasteiger partial charge in [-0.25, -0.2) is 0 Å². The van der Waals surface area contributed by atoms with E-state index in [-0.39, 0.29) is 17.4 Å². The van der Waals surface area contributed by atoms with Gasteiger partial charge in [-0.3, -0.25) is 4.79 Å². The van der Waals surface area contributed by atoms with Gasteiger partial charge in [0.1, 0.15) is 5.82 Å². The summed E-state index contributed by atoms with van der Waals surface area (Å²) >= 11 is 6.82. The molecule has 21 heavy (non-hydrogen) atoms. The van der Waals surface area contributed by atoms with E-state index in [1.165, 1.54) is 0 Å². The molecular weight excluding hydrogens is 400 g/mol. The van der Waals surface area contributed by atoms with Gasteiger partial charge in [-0.15, -0.1) is 0 Å². The monoisotopic (exact) mass is 412 g/mol. The molecule has 1 fully saturated rings. The second-order valence-corrected chi connectivity index (χ2v) is 6.97. The molecule has 0 unspecified atom stereocenters. The van der Waals surface area contributed by atoms with E-state index in [1.54, 1.807) is 0 Å². The first-order valence-electron chi connectivity index (χ1n) is 6.85. The third kappa shape index (κ3) is 2.92. The number of halogens is 2. The van der Waals surface area contributed by atoms with Gasteiger partial charge in [0.2, 0.25) is 5.88 Å². The fourth-order valence-electron chi connectivity index (χ4n) is 2.83. The van der Waals surface area contributed by atoms with Crippen molar-refractivity contribution in [1.29, 1.82) is 0 Å². The van der Waals surface area contributed by atoms with E-state index in [2.05, 4.69) is 41.8 Å². The molecule has 1 saturated carbocycles. The van der Waals surface area contributed by atoms with E-state index in [0.717, 1.165) is 40.2 Å². The maximum absolute atomic E-state index is 12.3. The fourth-order valence-corrected chi connectivity index (χ4v) is 3.46. The lowest BCUT2D eigenvalue weighted by atomic mass is 10.00. The van der Waals surface area contributed by atoms with Crippen LogP contribution in [-0.4, -0.2) is 15.1 Å². The number of aromatic nitrogens is 2. The Morgan fingerprint density at radius 1 is 1.19 bits per heavy atom. The number of nitrogens with one attached hydrogen (secondary N) is 1. The Morgan fingerprint density at radius 2 is 1.90 bits per heavy atom. The maximum Gasteiger partial charge on any atom is 0.258 e. The zero-order valence-corrected chi connectivity index (χ0v) is 14.4. The molecule has 0 amide bonds. The summed E-state index contributed by atoms with van der Waals surface area (Å²) in [6.07, 6.45) is 4.10. The Balaban J connectivity index is 2.05. The average molecular weight is 414 g/mol. The van der Waals surface area contributed by atoms with Crippen LogP contribution in [0, 0.1) is 0 Å². The summed E-state index contributed by atoms with van der Waals surface area (Å²) in [7, 11) is 0. The van der Waals surface area contributed by atoms with E-state index in [1.807, 2.05) is 18.2 Å². The predicted molar refractivity (Wildman–Crippen MR) is 88.6 cm³/mol. The Kier molecular flexibility index (Phi) is 4.17. The van der Waals surface area contributed by atoms with Crippen LogP contribution in [0.3, 0.4) is 0 Å². The summed E-state index contributed by atoms with van der Waals surface area (Å²) in [5.41, 5.74) is 0.950. The van der Waals surface area contributed by atoms with E-state index < -0.39 is 0 Å². The number of hydrogen-bond acceptors (Lipinski definition) is 3. The first kappa shape index (κ1) is 14.8. The summed E-state index contributed by atoms with van der Waals surface area (Å²) in [6.45, 7) is 0. The molecule has 1 heterocycles. The van der Waals surface area contributed by atoms with Crippen molar-refractivity contribution in [3.63, 3.8) is 0 Å². The highest BCUT2D eigenvalue weighted by atomic mass is 79.9. The number of H-pyrrole nitrogens is 1. The smallest absolute Gasteiger partial charge is 0.258 e. The number of aromatic amines is 1. The Hall–Kier alpha value is -1.14. The molecule has 0 atom stereocenters. The van der Waals surface area contributed by atoms with Gasteiger partial charge in [0, 0.05) is 14.5 Å². The van der Waals surface area contributed by atoms with Crippen LogP contribution in [-0.2, 0) is 0 Å². The van der Waals surface area contributed by atoms with Crippen molar-refractivity contribution in [2.24, 2.45) is 0 Å². The highest BCUT2D eigenvalue weighted by molar-refractivity contribution is 9.13. The zero-order valence-electron chi connectivity index (χ0n) is 11.2. The summed E-state index contributed by atoms with van der Waals surface area (Å²) < 4.78 is 1.78. The van der Waals surface area contributed by atoms with Crippen molar-refractivity contribution < 1.29 is 5.11 Å². The Bertz CT molecular complexity index is 737. The zero-order chi connectivity index (χ0) is 15.0. The first-order chi connectivity index (χ1) is 10.1. The summed E-state index contributed by atoms with van der Waals surface area (Å²) in [5.74, 6) is 0.374. The van der Waals surface area contributed by atoms with Crippen LogP contribution in [0.15, 0.2) is 31.9 Å². The van der Waals surface area contributed by atoms with Gasteiger partial charge in [-0.05, 0) is 62.8 Å². The number of benzene rings is 1.